The average Bonchev–Trinajstić information content (AvgIpc) is 2.30. The molecule has 1 N–H and O–H groups in total. The minimum absolute atomic E-state index is 1.23. The van der Waals surface area contributed by atoms with E-state index in [1.54, 1.807) is 0 Å². The van der Waals surface area contributed by atoms with Gasteiger partial charge in [0, 0.05) is 0 Å². The van der Waals surface area contributed by atoms with E-state index in [4.69, 9.17) is 0 Å². The van der Waals surface area contributed by atoms with E-state index in [-0.39, 0.29) is 0 Å². The second-order valence-electron chi connectivity index (χ2n) is 3.87. The third-order valence-corrected chi connectivity index (χ3v) is 2.41. The van der Waals surface area contributed by atoms with Gasteiger partial charge in [0.05, 0.1) is 0 Å². The van der Waals surface area contributed by atoms with E-state index < -0.39 is 0 Å². The van der Waals surface area contributed by atoms with E-state index in [2.05, 4.69) is 19.2 Å². The minimum Gasteiger partial charge on any atom is -0.317 e. The third kappa shape index (κ3) is 20.1. The van der Waals surface area contributed by atoms with Gasteiger partial charge in [0.25, 0.3) is 0 Å². The Morgan fingerprint density at radius 1 is 0.600 bits per heavy atom. The van der Waals surface area contributed by atoms with E-state index in [1.165, 1.54) is 64.5 Å². The van der Waals surface area contributed by atoms with Gasteiger partial charge >= 0.3 is 0 Å². The van der Waals surface area contributed by atoms with Crippen LogP contribution in [0.25, 0.3) is 0 Å². The van der Waals surface area contributed by atoms with Gasteiger partial charge < -0.3 is 5.32 Å². The Hall–Kier alpha value is -0.0400. The minimum atomic E-state index is 1.23. The lowest BCUT2D eigenvalue weighted by Gasteiger charge is -2.03. The van der Waals surface area contributed by atoms with E-state index in [0.29, 0.717) is 0 Å². The molecule has 94 valence electrons. The summed E-state index contributed by atoms with van der Waals surface area (Å²) in [5.74, 6) is 0. The summed E-state index contributed by atoms with van der Waals surface area (Å²) in [4.78, 5) is 0. The van der Waals surface area contributed by atoms with Gasteiger partial charge in [0.15, 0.2) is 0 Å². The van der Waals surface area contributed by atoms with Crippen molar-refractivity contribution in [3.05, 3.63) is 0 Å². The maximum atomic E-state index is 3.50. The number of nitrogens with one attached hydrogen (secondary N) is 1. The molecular weight excluding hydrogens is 182 g/mol. The van der Waals surface area contributed by atoms with E-state index in [0.717, 1.165) is 0 Å². The normalized spacial score (nSPS) is 9.60. The van der Waals surface area contributed by atoms with Crippen LogP contribution in [-0.2, 0) is 0 Å². The van der Waals surface area contributed by atoms with Crippen molar-refractivity contribution in [2.75, 3.05) is 13.1 Å². The molecule has 1 nitrogen and oxygen atoms in total. The lowest BCUT2D eigenvalue weighted by molar-refractivity contribution is 0.564. The molecule has 0 aromatic rings. The number of unbranched alkanes of at least 4 members (excludes halogenated alkanes) is 6. The van der Waals surface area contributed by atoms with Crippen molar-refractivity contribution in [2.24, 2.45) is 0 Å². The molecule has 0 unspecified atom stereocenters. The Bertz CT molecular complexity index is 71.4. The smallest absolute Gasteiger partial charge is 0.00489 e. The van der Waals surface area contributed by atoms with Gasteiger partial charge in [-0.15, -0.1) is 0 Å². The van der Waals surface area contributed by atoms with Gasteiger partial charge in [-0.25, -0.2) is 0 Å². The molecule has 0 saturated carbocycles. The van der Waals surface area contributed by atoms with Gasteiger partial charge in [-0.3, -0.25) is 0 Å². The first-order valence-corrected chi connectivity index (χ1v) is 7.12. The highest BCUT2D eigenvalue weighted by Gasteiger charge is 1.89. The Morgan fingerprint density at radius 2 is 1.00 bits per heavy atom. The first-order valence-electron chi connectivity index (χ1n) is 7.12. The van der Waals surface area contributed by atoms with Crippen LogP contribution < -0.4 is 5.32 Å². The zero-order valence-corrected chi connectivity index (χ0v) is 11.6. The van der Waals surface area contributed by atoms with E-state index in [9.17, 15) is 0 Å². The highest BCUT2D eigenvalue weighted by atomic mass is 14.8. The highest BCUT2D eigenvalue weighted by Crippen LogP contribution is 1.98. The molecule has 0 fully saturated rings. The van der Waals surface area contributed by atoms with Crippen LogP contribution in [0.1, 0.15) is 79.1 Å². The average molecular weight is 215 g/mol. The van der Waals surface area contributed by atoms with E-state index >= 15 is 0 Å². The maximum absolute atomic E-state index is 3.50. The van der Waals surface area contributed by atoms with Crippen LogP contribution in [-0.4, -0.2) is 13.1 Å². The van der Waals surface area contributed by atoms with Gasteiger partial charge in [-0.2, -0.15) is 0 Å². The molecule has 15 heavy (non-hydrogen) atoms. The SMILES string of the molecule is CC.CCCCCCNCCCCCC. The molecule has 0 atom stereocenters. The van der Waals surface area contributed by atoms with Crippen LogP contribution in [0.15, 0.2) is 0 Å². The Balaban J connectivity index is 0. The molecule has 0 aliphatic heterocycles. The fraction of sp³-hybridized carbons (Fsp3) is 1.00. The Morgan fingerprint density at radius 3 is 1.33 bits per heavy atom. The standard InChI is InChI=1S/C12H27N.C2H6/c1-3-5-7-9-11-13-12-10-8-6-4-2;1-2/h13H,3-12H2,1-2H3;1-2H3. The lowest BCUT2D eigenvalue weighted by Crippen LogP contribution is -2.16. The van der Waals surface area contributed by atoms with Crippen molar-refractivity contribution in [1.29, 1.82) is 0 Å². The predicted molar refractivity (Wildman–Crippen MR) is 72.5 cm³/mol. The lowest BCUT2D eigenvalue weighted by atomic mass is 10.2. The summed E-state index contributed by atoms with van der Waals surface area (Å²) < 4.78 is 0. The van der Waals surface area contributed by atoms with Crippen LogP contribution in [0.4, 0.5) is 0 Å². The fourth-order valence-corrected chi connectivity index (χ4v) is 1.48. The van der Waals surface area contributed by atoms with Crippen molar-refractivity contribution in [2.45, 2.75) is 79.1 Å². The van der Waals surface area contributed by atoms with Crippen molar-refractivity contribution in [1.82, 2.24) is 5.32 Å². The molecule has 0 aliphatic carbocycles. The van der Waals surface area contributed by atoms with Crippen molar-refractivity contribution in [3.8, 4) is 0 Å². The molecule has 0 aliphatic rings. The van der Waals surface area contributed by atoms with Crippen LogP contribution in [0.3, 0.4) is 0 Å². The summed E-state index contributed by atoms with van der Waals surface area (Å²) in [7, 11) is 0. The zero-order valence-electron chi connectivity index (χ0n) is 11.6. The van der Waals surface area contributed by atoms with Gasteiger partial charge in [0.2, 0.25) is 0 Å². The summed E-state index contributed by atoms with van der Waals surface area (Å²) in [5.41, 5.74) is 0. The molecule has 1 heteroatoms. The summed E-state index contributed by atoms with van der Waals surface area (Å²) in [6.45, 7) is 11.0. The van der Waals surface area contributed by atoms with Crippen LogP contribution in [0, 0.1) is 0 Å². The molecule has 0 radical (unpaired) electrons. The Kier molecular flexibility index (Phi) is 22.6. The third-order valence-electron chi connectivity index (χ3n) is 2.41. The van der Waals surface area contributed by atoms with Crippen molar-refractivity contribution >= 4 is 0 Å². The quantitative estimate of drug-likeness (QED) is 0.518. The summed E-state index contributed by atoms with van der Waals surface area (Å²) in [6, 6.07) is 0. The topological polar surface area (TPSA) is 12.0 Å². The monoisotopic (exact) mass is 215 g/mol. The van der Waals surface area contributed by atoms with Crippen molar-refractivity contribution in [3.63, 3.8) is 0 Å². The molecule has 0 rings (SSSR count). The van der Waals surface area contributed by atoms with Crippen molar-refractivity contribution < 1.29 is 0 Å². The van der Waals surface area contributed by atoms with Gasteiger partial charge in [0.1, 0.15) is 0 Å². The first kappa shape index (κ1) is 17.4. The fourth-order valence-electron chi connectivity index (χ4n) is 1.48. The largest absolute Gasteiger partial charge is 0.317 e. The molecule has 0 aromatic carbocycles. The van der Waals surface area contributed by atoms with Crippen LogP contribution in [0.5, 0.6) is 0 Å². The second-order valence-corrected chi connectivity index (χ2v) is 3.87. The molecule has 0 amide bonds. The molecule has 0 spiro atoms. The summed E-state index contributed by atoms with van der Waals surface area (Å²) in [6.07, 6.45) is 11.0. The maximum Gasteiger partial charge on any atom is -0.00489 e. The molecular formula is C14H33N. The van der Waals surface area contributed by atoms with Crippen LogP contribution in [0.2, 0.25) is 0 Å². The number of hydrogen-bond donors (Lipinski definition) is 1. The Labute approximate surface area is 98.0 Å². The first-order chi connectivity index (χ1) is 7.41. The molecule has 0 aromatic heterocycles. The molecule has 0 bridgehead atoms. The van der Waals surface area contributed by atoms with E-state index in [1.807, 2.05) is 13.8 Å². The summed E-state index contributed by atoms with van der Waals surface area (Å²) >= 11 is 0. The van der Waals surface area contributed by atoms with Gasteiger partial charge in [-0.1, -0.05) is 66.2 Å². The number of hydrogen-bond acceptors (Lipinski definition) is 1. The zero-order chi connectivity index (χ0) is 11.8. The summed E-state index contributed by atoms with van der Waals surface area (Å²) in [5, 5.41) is 3.50. The molecule has 0 saturated heterocycles. The second kappa shape index (κ2) is 19.5. The van der Waals surface area contributed by atoms with Crippen LogP contribution >= 0.6 is 0 Å². The number of rotatable bonds is 10. The highest BCUT2D eigenvalue weighted by molar-refractivity contribution is 4.49. The molecule has 0 heterocycles. The van der Waals surface area contributed by atoms with Gasteiger partial charge in [-0.05, 0) is 25.9 Å². The predicted octanol–water partition coefficient (Wildman–Crippen LogP) is 4.76.